The highest BCUT2D eigenvalue weighted by Crippen LogP contribution is 2.20. The van der Waals surface area contributed by atoms with Gasteiger partial charge in [0, 0.05) is 42.4 Å². The number of amides is 2. The van der Waals surface area contributed by atoms with Gasteiger partial charge in [-0.05, 0) is 44.8 Å². The van der Waals surface area contributed by atoms with Crippen molar-refractivity contribution in [2.45, 2.75) is 13.0 Å². The first-order chi connectivity index (χ1) is 10.6. The minimum absolute atomic E-state index is 0.306. The lowest BCUT2D eigenvalue weighted by atomic mass is 10.2. The van der Waals surface area contributed by atoms with Crippen LogP contribution in [0.4, 0.5) is 14.9 Å². The third kappa shape index (κ3) is 4.46. The van der Waals surface area contributed by atoms with E-state index in [2.05, 4.69) is 40.4 Å². The molecular weight excluding hydrogens is 283 g/mol. The van der Waals surface area contributed by atoms with Crippen molar-refractivity contribution in [3.05, 3.63) is 30.5 Å². The molecule has 0 atom stereocenters. The number of aromatic nitrogens is 1. The number of alkyl halides is 1. The Bertz CT molecular complexity index is 624. The number of anilines is 1. The molecule has 0 aliphatic rings. The molecule has 0 aliphatic heterocycles. The number of hydrogen-bond acceptors (Lipinski definition) is 2. The average Bonchev–Trinajstić information content (AvgIpc) is 2.87. The van der Waals surface area contributed by atoms with Crippen molar-refractivity contribution < 1.29 is 9.18 Å². The smallest absolute Gasteiger partial charge is 0.319 e. The van der Waals surface area contributed by atoms with Crippen LogP contribution in [0.5, 0.6) is 0 Å². The summed E-state index contributed by atoms with van der Waals surface area (Å²) in [5.41, 5.74) is 1.88. The van der Waals surface area contributed by atoms with Gasteiger partial charge in [0.25, 0.3) is 0 Å². The van der Waals surface area contributed by atoms with Crippen molar-refractivity contribution in [3.63, 3.8) is 0 Å². The maximum absolute atomic E-state index is 12.0. The van der Waals surface area contributed by atoms with E-state index in [0.717, 1.165) is 29.7 Å². The Morgan fingerprint density at radius 1 is 1.32 bits per heavy atom. The van der Waals surface area contributed by atoms with E-state index in [9.17, 15) is 9.18 Å². The zero-order valence-corrected chi connectivity index (χ0v) is 13.1. The fraction of sp³-hybridized carbons (Fsp3) is 0.438. The fourth-order valence-corrected chi connectivity index (χ4v) is 2.22. The van der Waals surface area contributed by atoms with E-state index in [4.69, 9.17) is 0 Å². The summed E-state index contributed by atoms with van der Waals surface area (Å²) < 4.78 is 14.2. The van der Waals surface area contributed by atoms with E-state index >= 15 is 0 Å². The van der Waals surface area contributed by atoms with Gasteiger partial charge in [-0.3, -0.25) is 4.39 Å². The molecule has 1 aromatic heterocycles. The van der Waals surface area contributed by atoms with Gasteiger partial charge in [-0.25, -0.2) is 4.79 Å². The number of hydrogen-bond donors (Lipinski definition) is 2. The first-order valence-electron chi connectivity index (χ1n) is 7.44. The number of carbonyl (C=O) groups is 1. The lowest BCUT2D eigenvalue weighted by molar-refractivity contribution is 0.251. The average molecular weight is 306 g/mol. The first kappa shape index (κ1) is 16.3. The Kier molecular flexibility index (Phi) is 5.77. The number of carbonyl (C=O) groups excluding carboxylic acids is 1. The monoisotopic (exact) mass is 306 g/mol. The molecular formula is C16H23FN4O. The number of fused-ring (bicyclic) bond motifs is 1. The van der Waals surface area contributed by atoms with E-state index in [1.165, 1.54) is 0 Å². The summed E-state index contributed by atoms with van der Waals surface area (Å²) in [5, 5.41) is 6.46. The van der Waals surface area contributed by atoms with Gasteiger partial charge in [-0.2, -0.15) is 0 Å². The molecule has 120 valence electrons. The molecule has 0 radical (unpaired) electrons. The van der Waals surface area contributed by atoms with Gasteiger partial charge in [0.2, 0.25) is 0 Å². The van der Waals surface area contributed by atoms with Crippen molar-refractivity contribution in [2.24, 2.45) is 0 Å². The number of nitrogens with zero attached hydrogens (tertiary/aromatic N) is 2. The van der Waals surface area contributed by atoms with Crippen LogP contribution in [0, 0.1) is 0 Å². The van der Waals surface area contributed by atoms with Crippen molar-refractivity contribution in [2.75, 3.05) is 39.2 Å². The number of benzene rings is 1. The molecule has 0 unspecified atom stereocenters. The van der Waals surface area contributed by atoms with Crippen molar-refractivity contribution in [3.8, 4) is 0 Å². The highest BCUT2D eigenvalue weighted by molar-refractivity contribution is 5.92. The zero-order chi connectivity index (χ0) is 15.9. The summed E-state index contributed by atoms with van der Waals surface area (Å²) in [6.07, 6.45) is 2.39. The largest absolute Gasteiger partial charge is 0.346 e. The summed E-state index contributed by atoms with van der Waals surface area (Å²) in [6, 6.07) is 7.55. The van der Waals surface area contributed by atoms with E-state index < -0.39 is 6.67 Å². The highest BCUT2D eigenvalue weighted by atomic mass is 19.1. The predicted octanol–water partition coefficient (Wildman–Crippen LogP) is 2.68. The molecule has 2 aromatic rings. The quantitative estimate of drug-likeness (QED) is 0.773. The molecule has 1 heterocycles. The topological polar surface area (TPSA) is 49.3 Å². The molecule has 6 heteroatoms. The van der Waals surface area contributed by atoms with E-state index in [1.807, 2.05) is 24.3 Å². The van der Waals surface area contributed by atoms with Crippen molar-refractivity contribution in [1.29, 1.82) is 0 Å². The Labute approximate surface area is 130 Å². The predicted molar refractivity (Wildman–Crippen MR) is 88.1 cm³/mol. The SMILES string of the molecule is CN(C)CCn1ccc2cc(NC(=O)NCCCF)ccc21. The molecule has 2 N–H and O–H groups in total. The minimum atomic E-state index is -0.424. The van der Waals surface area contributed by atoms with Gasteiger partial charge in [-0.1, -0.05) is 0 Å². The second-order valence-electron chi connectivity index (χ2n) is 5.51. The fourth-order valence-electron chi connectivity index (χ4n) is 2.22. The van der Waals surface area contributed by atoms with Crippen LogP contribution in [-0.2, 0) is 6.54 Å². The zero-order valence-electron chi connectivity index (χ0n) is 13.1. The molecule has 5 nitrogen and oxygen atoms in total. The Morgan fingerprint density at radius 3 is 2.86 bits per heavy atom. The third-order valence-corrected chi connectivity index (χ3v) is 3.41. The van der Waals surface area contributed by atoms with Gasteiger partial charge in [0.1, 0.15) is 0 Å². The van der Waals surface area contributed by atoms with Crippen molar-refractivity contribution in [1.82, 2.24) is 14.8 Å². The number of rotatable bonds is 7. The molecule has 0 bridgehead atoms. The maximum atomic E-state index is 12.0. The molecule has 0 aliphatic carbocycles. The number of halogens is 1. The van der Waals surface area contributed by atoms with Crippen molar-refractivity contribution >= 4 is 22.6 Å². The standard InChI is InChI=1S/C16H23FN4O/c1-20(2)10-11-21-9-6-13-12-14(4-5-15(13)21)19-16(22)18-8-3-7-17/h4-6,9,12H,3,7-8,10-11H2,1-2H3,(H2,18,19,22). The second kappa shape index (κ2) is 7.79. The molecule has 1 aromatic carbocycles. The molecule has 0 saturated heterocycles. The van der Waals surface area contributed by atoms with Gasteiger partial charge in [0.05, 0.1) is 6.67 Å². The maximum Gasteiger partial charge on any atom is 0.319 e. The van der Waals surface area contributed by atoms with E-state index in [-0.39, 0.29) is 6.03 Å². The van der Waals surface area contributed by atoms with E-state index in [1.54, 1.807) is 0 Å². The van der Waals surface area contributed by atoms with Crippen LogP contribution in [0.2, 0.25) is 0 Å². The third-order valence-electron chi connectivity index (χ3n) is 3.41. The first-order valence-corrected chi connectivity index (χ1v) is 7.44. The molecule has 0 saturated carbocycles. The molecule has 22 heavy (non-hydrogen) atoms. The molecule has 0 fully saturated rings. The lowest BCUT2D eigenvalue weighted by Gasteiger charge is -2.11. The summed E-state index contributed by atoms with van der Waals surface area (Å²) in [4.78, 5) is 13.8. The Balaban J connectivity index is 2.00. The van der Waals surface area contributed by atoms with Crippen LogP contribution in [0.3, 0.4) is 0 Å². The van der Waals surface area contributed by atoms with E-state index in [0.29, 0.717) is 13.0 Å². The summed E-state index contributed by atoms with van der Waals surface area (Å²) >= 11 is 0. The van der Waals surface area contributed by atoms with Gasteiger partial charge < -0.3 is 20.1 Å². The van der Waals surface area contributed by atoms with Gasteiger partial charge in [-0.15, -0.1) is 0 Å². The van der Waals surface area contributed by atoms with Crippen LogP contribution in [0.1, 0.15) is 6.42 Å². The van der Waals surface area contributed by atoms with Crippen LogP contribution >= 0.6 is 0 Å². The van der Waals surface area contributed by atoms with Crippen LogP contribution in [0.15, 0.2) is 30.5 Å². The summed E-state index contributed by atoms with van der Waals surface area (Å²) in [7, 11) is 4.10. The Morgan fingerprint density at radius 2 is 2.14 bits per heavy atom. The molecule has 2 amide bonds. The number of urea groups is 1. The normalized spacial score (nSPS) is 11.1. The van der Waals surface area contributed by atoms with Gasteiger partial charge >= 0.3 is 6.03 Å². The minimum Gasteiger partial charge on any atom is -0.346 e. The second-order valence-corrected chi connectivity index (χ2v) is 5.51. The van der Waals surface area contributed by atoms with Crippen LogP contribution in [-0.4, -0.2) is 49.4 Å². The van der Waals surface area contributed by atoms with Gasteiger partial charge in [0.15, 0.2) is 0 Å². The Hall–Kier alpha value is -2.08. The van der Waals surface area contributed by atoms with Crippen LogP contribution < -0.4 is 10.6 Å². The summed E-state index contributed by atoms with van der Waals surface area (Å²) in [6.45, 7) is 1.81. The molecule has 2 rings (SSSR count). The molecule has 0 spiro atoms. The number of likely N-dealkylation sites (N-methyl/N-ethyl adjacent to an activating group) is 1. The number of nitrogens with one attached hydrogen (secondary N) is 2. The highest BCUT2D eigenvalue weighted by Gasteiger charge is 2.05. The van der Waals surface area contributed by atoms with Crippen LogP contribution in [0.25, 0.3) is 10.9 Å². The summed E-state index contributed by atoms with van der Waals surface area (Å²) in [5.74, 6) is 0. The lowest BCUT2D eigenvalue weighted by Crippen LogP contribution is -2.29.